The maximum Gasteiger partial charge on any atom is 0.461 e. The third kappa shape index (κ3) is 2.02. The molecule has 0 N–H and O–H groups in total. The number of hydrogen-bond donors (Lipinski definition) is 0. The Morgan fingerprint density at radius 1 is 0.933 bits per heavy atom. The van der Waals surface area contributed by atoms with E-state index >= 15 is 0 Å². The van der Waals surface area contributed by atoms with Crippen LogP contribution in [0.1, 0.15) is 0 Å². The van der Waals surface area contributed by atoms with Crippen LogP contribution in [0.15, 0.2) is 0 Å². The van der Waals surface area contributed by atoms with Crippen LogP contribution in [0.5, 0.6) is 0 Å². The van der Waals surface area contributed by atoms with Gasteiger partial charge >= 0.3 is 27.5 Å². The molecule has 92 valence electrons. The fourth-order valence-corrected chi connectivity index (χ4v) is 1.07. The molecule has 0 saturated heterocycles. The second-order valence-electron chi connectivity index (χ2n) is 2.21. The molecule has 0 radical (unpaired) electrons. The number of hydrogen-bond acceptors (Lipinski definition) is 3. The van der Waals surface area contributed by atoms with E-state index in [1.165, 1.54) is 0 Å². The van der Waals surface area contributed by atoms with Gasteiger partial charge < -0.3 is 0 Å². The van der Waals surface area contributed by atoms with Crippen molar-refractivity contribution in [1.29, 1.82) is 0 Å². The highest BCUT2D eigenvalue weighted by Crippen LogP contribution is 2.49. The minimum atomic E-state index is -6.73. The summed E-state index contributed by atoms with van der Waals surface area (Å²) in [5.74, 6) is -6.73. The summed E-state index contributed by atoms with van der Waals surface area (Å²) in [5, 5.41) is -6.38. The van der Waals surface area contributed by atoms with Crippen LogP contribution >= 0.6 is 0 Å². The molecule has 0 aliphatic carbocycles. The summed E-state index contributed by atoms with van der Waals surface area (Å²) in [7, 11) is -6.30. The molecule has 11 heteroatoms. The van der Waals surface area contributed by atoms with Crippen molar-refractivity contribution >= 4 is 10.1 Å². The Balaban J connectivity index is 5.60. The van der Waals surface area contributed by atoms with Crippen molar-refractivity contribution in [2.75, 3.05) is 7.11 Å². The molecular weight excluding hydrogens is 261 g/mol. The topological polar surface area (TPSA) is 43.4 Å². The van der Waals surface area contributed by atoms with Crippen molar-refractivity contribution in [3.05, 3.63) is 0 Å². The van der Waals surface area contributed by atoms with Crippen molar-refractivity contribution in [2.45, 2.75) is 17.4 Å². The molecule has 0 bridgehead atoms. The van der Waals surface area contributed by atoms with Gasteiger partial charge in [-0.3, -0.25) is 4.18 Å². The molecule has 0 aromatic rings. The highest BCUT2D eigenvalue weighted by atomic mass is 32.2. The number of alkyl halides is 7. The van der Waals surface area contributed by atoms with Crippen molar-refractivity contribution in [1.82, 2.24) is 0 Å². The van der Waals surface area contributed by atoms with Crippen LogP contribution in [0.4, 0.5) is 30.7 Å². The van der Waals surface area contributed by atoms with Gasteiger partial charge in [-0.15, -0.1) is 0 Å². The van der Waals surface area contributed by atoms with Gasteiger partial charge in [-0.25, -0.2) is 0 Å². The largest absolute Gasteiger partial charge is 0.461 e. The quantitative estimate of drug-likeness (QED) is 0.576. The van der Waals surface area contributed by atoms with E-state index < -0.39 is 27.5 Å². The Morgan fingerprint density at radius 3 is 1.47 bits per heavy atom. The number of halogens is 7. The fraction of sp³-hybridized carbons (Fsp3) is 1.00. The Kier molecular flexibility index (Phi) is 3.34. The molecule has 0 aliphatic heterocycles. The zero-order valence-electron chi connectivity index (χ0n) is 6.78. The first-order valence-electron chi connectivity index (χ1n) is 2.94. The second kappa shape index (κ2) is 3.47. The molecule has 0 aromatic carbocycles. The lowest BCUT2D eigenvalue weighted by Crippen LogP contribution is -2.56. The third-order valence-electron chi connectivity index (χ3n) is 1.25. The predicted molar refractivity (Wildman–Crippen MR) is 31.9 cm³/mol. The summed E-state index contributed by atoms with van der Waals surface area (Å²) in [6, 6.07) is 0. The lowest BCUT2D eigenvalue weighted by molar-refractivity contribution is -0.333. The van der Waals surface area contributed by atoms with Crippen LogP contribution < -0.4 is 0 Å². The summed E-state index contributed by atoms with van der Waals surface area (Å²) in [4.78, 5) is 0. The first kappa shape index (κ1) is 14.4. The van der Waals surface area contributed by atoms with Gasteiger partial charge in [0.25, 0.3) is 0 Å². The lowest BCUT2D eigenvalue weighted by Gasteiger charge is -2.26. The monoisotopic (exact) mass is 264 g/mol. The molecule has 0 saturated carbocycles. The summed E-state index contributed by atoms with van der Waals surface area (Å²) in [6.45, 7) is 0. The van der Waals surface area contributed by atoms with Crippen LogP contribution in [-0.2, 0) is 14.3 Å². The molecule has 0 rings (SSSR count). The summed E-state index contributed by atoms with van der Waals surface area (Å²) in [6.07, 6.45) is -6.71. The molecule has 0 amide bonds. The van der Waals surface area contributed by atoms with E-state index in [-0.39, 0.29) is 7.11 Å². The van der Waals surface area contributed by atoms with Crippen LogP contribution in [0.3, 0.4) is 0 Å². The molecule has 15 heavy (non-hydrogen) atoms. The van der Waals surface area contributed by atoms with Crippen molar-refractivity contribution < 1.29 is 43.3 Å². The van der Waals surface area contributed by atoms with Gasteiger partial charge in [-0.1, -0.05) is 0 Å². The van der Waals surface area contributed by atoms with Gasteiger partial charge in [-0.2, -0.15) is 39.2 Å². The fourth-order valence-electron chi connectivity index (χ4n) is 0.427. The first-order valence-corrected chi connectivity index (χ1v) is 4.34. The smallest absolute Gasteiger partial charge is 0.269 e. The molecule has 3 nitrogen and oxygen atoms in total. The average molecular weight is 264 g/mol. The molecule has 0 spiro atoms. The average Bonchev–Trinajstić information content (AvgIpc) is 2.01. The minimum Gasteiger partial charge on any atom is -0.269 e. The Morgan fingerprint density at radius 2 is 1.27 bits per heavy atom. The summed E-state index contributed by atoms with van der Waals surface area (Å²) >= 11 is 0. The Bertz CT molecular complexity index is 329. The van der Waals surface area contributed by atoms with Crippen LogP contribution in [0.2, 0.25) is 0 Å². The van der Waals surface area contributed by atoms with Crippen LogP contribution in [0, 0.1) is 0 Å². The van der Waals surface area contributed by atoms with Gasteiger partial charge in [0.1, 0.15) is 0 Å². The maximum atomic E-state index is 12.3. The lowest BCUT2D eigenvalue weighted by atomic mass is 10.3. The molecule has 0 aromatic heterocycles. The van der Waals surface area contributed by atoms with Crippen LogP contribution in [0.25, 0.3) is 0 Å². The van der Waals surface area contributed by atoms with Gasteiger partial charge in [0, 0.05) is 0 Å². The van der Waals surface area contributed by atoms with Gasteiger partial charge in [0.2, 0.25) is 0 Å². The third-order valence-corrected chi connectivity index (χ3v) is 2.58. The number of rotatable bonds is 3. The summed E-state index contributed by atoms with van der Waals surface area (Å²) in [5.41, 5.74) is 0. The normalized spacial score (nSPS) is 15.5. The molecule has 0 fully saturated rings. The van der Waals surface area contributed by atoms with E-state index in [0.717, 1.165) is 0 Å². The highest BCUT2D eigenvalue weighted by Gasteiger charge is 2.79. The van der Waals surface area contributed by atoms with Crippen molar-refractivity contribution in [3.8, 4) is 0 Å². The standard InChI is InChI=1S/C4H3F7O3S/c1-14-15(12,13)4(10,11)2(5,6)3(7,8)9/h1H3. The molecular formula is C4H3F7O3S. The van der Waals surface area contributed by atoms with E-state index in [2.05, 4.69) is 4.18 Å². The van der Waals surface area contributed by atoms with E-state index in [0.29, 0.717) is 0 Å². The zero-order chi connectivity index (χ0) is 12.7. The molecule has 0 unspecified atom stereocenters. The van der Waals surface area contributed by atoms with E-state index in [1.54, 1.807) is 0 Å². The van der Waals surface area contributed by atoms with Crippen molar-refractivity contribution in [2.24, 2.45) is 0 Å². The van der Waals surface area contributed by atoms with Crippen molar-refractivity contribution in [3.63, 3.8) is 0 Å². The Hall–Kier alpha value is -0.580. The zero-order valence-corrected chi connectivity index (χ0v) is 7.60. The second-order valence-corrected chi connectivity index (χ2v) is 3.96. The predicted octanol–water partition coefficient (Wildman–Crippen LogP) is 1.75. The molecule has 0 atom stereocenters. The molecule has 0 heterocycles. The summed E-state index contributed by atoms with van der Waals surface area (Å²) < 4.78 is 106. The highest BCUT2D eigenvalue weighted by molar-refractivity contribution is 7.87. The van der Waals surface area contributed by atoms with E-state index in [1.807, 2.05) is 0 Å². The maximum absolute atomic E-state index is 12.3. The minimum absolute atomic E-state index is 0.0374. The molecule has 0 aliphatic rings. The Labute approximate surface area is 78.9 Å². The first-order chi connectivity index (χ1) is 6.31. The van der Waals surface area contributed by atoms with Gasteiger partial charge in [-0.05, 0) is 0 Å². The van der Waals surface area contributed by atoms with E-state index in [9.17, 15) is 39.2 Å². The van der Waals surface area contributed by atoms with Gasteiger partial charge in [0.05, 0.1) is 7.11 Å². The van der Waals surface area contributed by atoms with E-state index in [4.69, 9.17) is 0 Å². The van der Waals surface area contributed by atoms with Crippen LogP contribution in [-0.4, -0.2) is 32.9 Å². The SMILES string of the molecule is COS(=O)(=O)C(F)(F)C(F)(F)C(F)(F)F. The van der Waals surface area contributed by atoms with Gasteiger partial charge in [0.15, 0.2) is 0 Å².